The second-order valence-corrected chi connectivity index (χ2v) is 6.94. The molecule has 2 N–H and O–H groups in total. The average molecular weight is 377 g/mol. The molecule has 4 nitrogen and oxygen atoms in total. The van der Waals surface area contributed by atoms with Gasteiger partial charge in [-0.25, -0.2) is 13.6 Å². The first-order chi connectivity index (χ1) is 9.36. The number of hydrogen-bond donors (Lipinski definition) is 1. The van der Waals surface area contributed by atoms with Gasteiger partial charge in [-0.15, -0.1) is 0 Å². The first kappa shape index (κ1) is 15.3. The van der Waals surface area contributed by atoms with Crippen LogP contribution in [0, 0.1) is 0 Å². The van der Waals surface area contributed by atoms with Gasteiger partial charge in [-0.1, -0.05) is 39.7 Å². The molecule has 0 radical (unpaired) electrons. The molecule has 0 aliphatic carbocycles. The summed E-state index contributed by atoms with van der Waals surface area (Å²) in [7, 11) is -3.89. The van der Waals surface area contributed by atoms with E-state index in [1.807, 2.05) is 24.3 Å². The molecule has 106 valence electrons. The van der Waals surface area contributed by atoms with Crippen LogP contribution in [0.3, 0.4) is 0 Å². The third-order valence-electron chi connectivity index (χ3n) is 2.50. The van der Waals surface area contributed by atoms with Crippen LogP contribution in [-0.2, 0) is 16.6 Å². The van der Waals surface area contributed by atoms with E-state index in [0.717, 1.165) is 10.0 Å². The van der Waals surface area contributed by atoms with E-state index in [1.165, 1.54) is 12.1 Å². The monoisotopic (exact) mass is 375 g/mol. The number of primary sulfonamides is 1. The first-order valence-corrected chi connectivity index (χ1v) is 8.27. The van der Waals surface area contributed by atoms with E-state index in [0.29, 0.717) is 0 Å². The van der Waals surface area contributed by atoms with Crippen molar-refractivity contribution < 1.29 is 13.2 Å². The van der Waals surface area contributed by atoms with Crippen LogP contribution < -0.4 is 9.88 Å². The van der Waals surface area contributed by atoms with Crippen molar-refractivity contribution in [3.8, 4) is 5.75 Å². The Bertz CT molecular complexity index is 734. The molecule has 0 amide bonds. The van der Waals surface area contributed by atoms with E-state index in [1.54, 1.807) is 6.07 Å². The van der Waals surface area contributed by atoms with Gasteiger partial charge in [0, 0.05) is 9.50 Å². The van der Waals surface area contributed by atoms with Gasteiger partial charge in [0.25, 0.3) is 0 Å². The van der Waals surface area contributed by atoms with E-state index in [9.17, 15) is 8.42 Å². The minimum Gasteiger partial charge on any atom is -0.487 e. The van der Waals surface area contributed by atoms with Crippen LogP contribution in [0.2, 0.25) is 5.02 Å². The molecule has 0 unspecified atom stereocenters. The van der Waals surface area contributed by atoms with Crippen LogP contribution in [0.1, 0.15) is 5.56 Å². The van der Waals surface area contributed by atoms with Crippen molar-refractivity contribution >= 4 is 37.6 Å². The highest BCUT2D eigenvalue weighted by atomic mass is 79.9. The standard InChI is InChI=1S/C13H11BrClNO3S/c14-10-3-1-2-9(6-10)8-19-12-5-4-11(15)7-13(12)20(16,17)18/h1-7H,8H2,(H2,16,17,18). The summed E-state index contributed by atoms with van der Waals surface area (Å²) in [6, 6.07) is 11.8. The Morgan fingerprint density at radius 1 is 1.20 bits per heavy atom. The van der Waals surface area contributed by atoms with Crippen LogP contribution >= 0.6 is 27.5 Å². The normalized spacial score (nSPS) is 11.3. The van der Waals surface area contributed by atoms with Crippen molar-refractivity contribution in [2.45, 2.75) is 11.5 Å². The molecule has 0 spiro atoms. The number of halogens is 2. The molecule has 0 aliphatic rings. The zero-order chi connectivity index (χ0) is 14.8. The summed E-state index contributed by atoms with van der Waals surface area (Å²) >= 11 is 9.13. The summed E-state index contributed by atoms with van der Waals surface area (Å²) in [5, 5.41) is 5.43. The SMILES string of the molecule is NS(=O)(=O)c1cc(Cl)ccc1OCc1cccc(Br)c1. The Morgan fingerprint density at radius 3 is 2.60 bits per heavy atom. The molecule has 2 aromatic carbocycles. The van der Waals surface area contributed by atoms with E-state index in [-0.39, 0.29) is 22.3 Å². The van der Waals surface area contributed by atoms with Crippen molar-refractivity contribution in [1.82, 2.24) is 0 Å². The second kappa shape index (κ2) is 6.13. The van der Waals surface area contributed by atoms with Gasteiger partial charge >= 0.3 is 0 Å². The molecule has 2 aromatic rings. The molecule has 0 saturated carbocycles. The summed E-state index contributed by atoms with van der Waals surface area (Å²) in [5.41, 5.74) is 0.898. The number of hydrogen-bond acceptors (Lipinski definition) is 3. The molecule has 0 atom stereocenters. The fourth-order valence-corrected chi connectivity index (χ4v) is 2.99. The zero-order valence-corrected chi connectivity index (χ0v) is 13.4. The summed E-state index contributed by atoms with van der Waals surface area (Å²) < 4.78 is 29.4. The molecule has 20 heavy (non-hydrogen) atoms. The summed E-state index contributed by atoms with van der Waals surface area (Å²) in [4.78, 5) is -0.125. The number of rotatable bonds is 4. The molecule has 0 bridgehead atoms. The number of nitrogens with two attached hydrogens (primary N) is 1. The molecular formula is C13H11BrClNO3S. The van der Waals surface area contributed by atoms with Gasteiger partial charge in [-0.05, 0) is 35.9 Å². The van der Waals surface area contributed by atoms with Crippen LogP contribution in [0.5, 0.6) is 5.75 Å². The molecule has 0 fully saturated rings. The third-order valence-corrected chi connectivity index (χ3v) is 4.16. The number of ether oxygens (including phenoxy) is 1. The number of sulfonamides is 1. The van der Waals surface area contributed by atoms with Crippen LogP contribution in [0.25, 0.3) is 0 Å². The maximum Gasteiger partial charge on any atom is 0.241 e. The molecule has 0 saturated heterocycles. The van der Waals surface area contributed by atoms with Gasteiger partial charge in [0.15, 0.2) is 0 Å². The highest BCUT2D eigenvalue weighted by molar-refractivity contribution is 9.10. The van der Waals surface area contributed by atoms with Crippen molar-refractivity contribution in [2.75, 3.05) is 0 Å². The summed E-state index contributed by atoms with van der Waals surface area (Å²) in [6.45, 7) is 0.226. The van der Waals surface area contributed by atoms with E-state index < -0.39 is 10.0 Å². The molecule has 0 aromatic heterocycles. The zero-order valence-electron chi connectivity index (χ0n) is 10.2. The molecule has 0 heterocycles. The maximum absolute atomic E-state index is 11.5. The minimum atomic E-state index is -3.89. The van der Waals surface area contributed by atoms with Crippen molar-refractivity contribution in [1.29, 1.82) is 0 Å². The van der Waals surface area contributed by atoms with Crippen LogP contribution in [0.15, 0.2) is 51.8 Å². The van der Waals surface area contributed by atoms with Gasteiger partial charge in [-0.2, -0.15) is 0 Å². The lowest BCUT2D eigenvalue weighted by atomic mass is 10.2. The van der Waals surface area contributed by atoms with E-state index >= 15 is 0 Å². The maximum atomic E-state index is 11.5. The lowest BCUT2D eigenvalue weighted by Crippen LogP contribution is -2.14. The summed E-state index contributed by atoms with van der Waals surface area (Å²) in [6.07, 6.45) is 0. The fraction of sp³-hybridized carbons (Fsp3) is 0.0769. The van der Waals surface area contributed by atoms with Crippen LogP contribution in [-0.4, -0.2) is 8.42 Å². The Balaban J connectivity index is 2.26. The lowest BCUT2D eigenvalue weighted by Gasteiger charge is -2.10. The molecule has 0 aliphatic heterocycles. The highest BCUT2D eigenvalue weighted by Crippen LogP contribution is 2.27. The first-order valence-electron chi connectivity index (χ1n) is 5.56. The van der Waals surface area contributed by atoms with Gasteiger partial charge in [0.05, 0.1) is 0 Å². The van der Waals surface area contributed by atoms with Gasteiger partial charge in [-0.3, -0.25) is 0 Å². The van der Waals surface area contributed by atoms with E-state index in [2.05, 4.69) is 15.9 Å². The summed E-state index contributed by atoms with van der Waals surface area (Å²) in [5.74, 6) is 0.178. The average Bonchev–Trinajstić information content (AvgIpc) is 2.36. The van der Waals surface area contributed by atoms with Crippen molar-refractivity contribution in [3.63, 3.8) is 0 Å². The predicted octanol–water partition coefficient (Wildman–Crippen LogP) is 3.33. The van der Waals surface area contributed by atoms with Crippen molar-refractivity contribution in [3.05, 3.63) is 57.5 Å². The van der Waals surface area contributed by atoms with Gasteiger partial charge < -0.3 is 4.74 Å². The Kier molecular flexibility index (Phi) is 4.70. The largest absolute Gasteiger partial charge is 0.487 e. The van der Waals surface area contributed by atoms with Crippen molar-refractivity contribution in [2.24, 2.45) is 5.14 Å². The topological polar surface area (TPSA) is 69.4 Å². The fourth-order valence-electron chi connectivity index (χ4n) is 1.61. The lowest BCUT2D eigenvalue weighted by molar-refractivity contribution is 0.298. The second-order valence-electron chi connectivity index (χ2n) is 4.05. The molecular weight excluding hydrogens is 366 g/mol. The van der Waals surface area contributed by atoms with Crippen LogP contribution in [0.4, 0.5) is 0 Å². The number of benzene rings is 2. The predicted molar refractivity (Wildman–Crippen MR) is 81.3 cm³/mol. The van der Waals surface area contributed by atoms with Gasteiger partial charge in [0.2, 0.25) is 10.0 Å². The molecule has 7 heteroatoms. The third kappa shape index (κ3) is 3.96. The Labute approximate surface area is 130 Å². The van der Waals surface area contributed by atoms with Gasteiger partial charge in [0.1, 0.15) is 17.3 Å². The highest BCUT2D eigenvalue weighted by Gasteiger charge is 2.16. The van der Waals surface area contributed by atoms with E-state index in [4.69, 9.17) is 21.5 Å². The quantitative estimate of drug-likeness (QED) is 0.890. The molecule has 2 rings (SSSR count). The minimum absolute atomic E-state index is 0.125. The smallest absolute Gasteiger partial charge is 0.241 e. The Hall–Kier alpha value is -1.08. The Morgan fingerprint density at radius 2 is 1.95 bits per heavy atom.